The number of nitrogens with zero attached hydrogens (tertiary/aromatic N) is 1. The Labute approximate surface area is 128 Å². The number of hydrogen-bond acceptors (Lipinski definition) is 5. The summed E-state index contributed by atoms with van der Waals surface area (Å²) in [5, 5.41) is 11.7. The van der Waals surface area contributed by atoms with Crippen LogP contribution in [0.4, 0.5) is 4.79 Å². The third-order valence-corrected chi connectivity index (χ3v) is 6.70. The summed E-state index contributed by atoms with van der Waals surface area (Å²) in [5.74, 6) is 1.10. The molecular weight excluding hydrogens is 316 g/mol. The van der Waals surface area contributed by atoms with E-state index < -0.39 is 21.8 Å². The second-order valence-electron chi connectivity index (χ2n) is 5.48. The van der Waals surface area contributed by atoms with E-state index in [1.54, 1.807) is 0 Å². The second-order valence-corrected chi connectivity index (χ2v) is 8.85. The zero-order chi connectivity index (χ0) is 15.5. The van der Waals surface area contributed by atoms with Crippen molar-refractivity contribution in [1.82, 2.24) is 10.2 Å². The number of nitrogens with one attached hydrogen (secondary N) is 1. The molecule has 0 aliphatic carbocycles. The molecule has 21 heavy (non-hydrogen) atoms. The number of carboxylic acid groups (broad SMARTS) is 1. The van der Waals surface area contributed by atoms with Crippen molar-refractivity contribution in [1.29, 1.82) is 0 Å². The summed E-state index contributed by atoms with van der Waals surface area (Å²) < 4.78 is 23.2. The number of amides is 2. The highest BCUT2D eigenvalue weighted by molar-refractivity contribution is 7.99. The summed E-state index contributed by atoms with van der Waals surface area (Å²) in [6.45, 7) is 0.625. The average Bonchev–Trinajstić information content (AvgIpc) is 2.87. The fraction of sp³-hybridized carbons (Fsp3) is 0.833. The first-order valence-electron chi connectivity index (χ1n) is 6.92. The molecule has 0 aromatic carbocycles. The van der Waals surface area contributed by atoms with Gasteiger partial charge in [-0.2, -0.15) is 11.8 Å². The van der Waals surface area contributed by atoms with Gasteiger partial charge in [0, 0.05) is 13.1 Å². The van der Waals surface area contributed by atoms with Gasteiger partial charge in [0.2, 0.25) is 0 Å². The van der Waals surface area contributed by atoms with Crippen LogP contribution in [0.3, 0.4) is 0 Å². The Morgan fingerprint density at radius 1 is 1.38 bits per heavy atom. The number of thioether (sulfide) groups is 1. The van der Waals surface area contributed by atoms with E-state index in [2.05, 4.69) is 5.32 Å². The van der Waals surface area contributed by atoms with E-state index in [0.29, 0.717) is 12.5 Å². The molecule has 9 heteroatoms. The summed E-state index contributed by atoms with van der Waals surface area (Å²) in [6.07, 6.45) is 0.726. The Morgan fingerprint density at radius 3 is 2.76 bits per heavy atom. The van der Waals surface area contributed by atoms with Gasteiger partial charge in [0.1, 0.15) is 0 Å². The van der Waals surface area contributed by atoms with E-state index >= 15 is 0 Å². The number of carboxylic acids is 1. The van der Waals surface area contributed by atoms with Gasteiger partial charge in [-0.1, -0.05) is 0 Å². The molecule has 2 atom stereocenters. The fourth-order valence-electron chi connectivity index (χ4n) is 2.60. The Balaban J connectivity index is 1.94. The molecule has 2 heterocycles. The number of hydrogen-bond donors (Lipinski definition) is 2. The molecule has 120 valence electrons. The van der Waals surface area contributed by atoms with Crippen molar-refractivity contribution in [3.8, 4) is 0 Å². The van der Waals surface area contributed by atoms with Gasteiger partial charge in [0.25, 0.3) is 0 Å². The summed E-state index contributed by atoms with van der Waals surface area (Å²) in [7, 11) is -3.26. The van der Waals surface area contributed by atoms with E-state index in [0.717, 1.165) is 17.9 Å². The highest BCUT2D eigenvalue weighted by Crippen LogP contribution is 2.22. The largest absolute Gasteiger partial charge is 0.481 e. The van der Waals surface area contributed by atoms with Crippen molar-refractivity contribution < 1.29 is 23.1 Å². The third-order valence-electron chi connectivity index (χ3n) is 3.77. The molecule has 2 amide bonds. The van der Waals surface area contributed by atoms with Crippen LogP contribution in [-0.4, -0.2) is 72.6 Å². The summed E-state index contributed by atoms with van der Waals surface area (Å²) in [6, 6.07) is -1.13. The predicted molar refractivity (Wildman–Crippen MR) is 80.2 cm³/mol. The minimum absolute atomic E-state index is 0.0610. The fourth-order valence-corrected chi connectivity index (χ4v) is 5.41. The third kappa shape index (κ3) is 4.77. The predicted octanol–water partition coefficient (Wildman–Crippen LogP) is 0.0228. The molecular formula is C12H20N2O5S2. The Bertz CT molecular complexity index is 502. The van der Waals surface area contributed by atoms with Crippen LogP contribution in [0.25, 0.3) is 0 Å². The van der Waals surface area contributed by atoms with E-state index in [1.165, 1.54) is 4.90 Å². The van der Waals surface area contributed by atoms with Crippen LogP contribution in [0.5, 0.6) is 0 Å². The molecule has 7 nitrogen and oxygen atoms in total. The van der Waals surface area contributed by atoms with Gasteiger partial charge in [-0.25, -0.2) is 13.2 Å². The first kappa shape index (κ1) is 16.4. The number of aliphatic carboxylic acids is 1. The first-order chi connectivity index (χ1) is 9.87. The van der Waals surface area contributed by atoms with Crippen molar-refractivity contribution in [3.05, 3.63) is 0 Å². The molecule has 2 N–H and O–H groups in total. The lowest BCUT2D eigenvalue weighted by Crippen LogP contribution is -2.55. The molecule has 0 aromatic heterocycles. The summed E-state index contributed by atoms with van der Waals surface area (Å²) >= 11 is 1.86. The Morgan fingerprint density at radius 2 is 2.14 bits per heavy atom. The Kier molecular flexibility index (Phi) is 5.37. The van der Waals surface area contributed by atoms with Gasteiger partial charge in [0.05, 0.1) is 24.0 Å². The second kappa shape index (κ2) is 6.87. The normalized spacial score (nSPS) is 28.3. The molecule has 0 spiro atoms. The van der Waals surface area contributed by atoms with Gasteiger partial charge >= 0.3 is 12.0 Å². The maximum atomic E-state index is 12.2. The standard InChI is InChI=1S/C12H20N2O5S2/c15-11(16)5-10-8-21(18,19)4-2-14(10)12(17)13-6-9-1-3-20-7-9/h9-10H,1-8H2,(H,13,17)(H,15,16). The minimum atomic E-state index is -3.26. The van der Waals surface area contributed by atoms with Gasteiger partial charge in [-0.3, -0.25) is 4.79 Å². The van der Waals surface area contributed by atoms with Crippen LogP contribution in [-0.2, 0) is 14.6 Å². The lowest BCUT2D eigenvalue weighted by Gasteiger charge is -2.34. The topological polar surface area (TPSA) is 104 Å². The quantitative estimate of drug-likeness (QED) is 0.750. The highest BCUT2D eigenvalue weighted by atomic mass is 32.2. The number of carbonyl (C=O) groups excluding carboxylic acids is 1. The lowest BCUT2D eigenvalue weighted by atomic mass is 10.1. The zero-order valence-electron chi connectivity index (χ0n) is 11.7. The monoisotopic (exact) mass is 336 g/mol. The van der Waals surface area contributed by atoms with E-state index in [4.69, 9.17) is 5.11 Å². The van der Waals surface area contributed by atoms with Crippen molar-refractivity contribution in [3.63, 3.8) is 0 Å². The zero-order valence-corrected chi connectivity index (χ0v) is 13.3. The summed E-state index contributed by atoms with van der Waals surface area (Å²) in [4.78, 5) is 24.4. The minimum Gasteiger partial charge on any atom is -0.481 e. The Hall–Kier alpha value is -0.960. The van der Waals surface area contributed by atoms with Gasteiger partial charge in [0.15, 0.2) is 9.84 Å². The van der Waals surface area contributed by atoms with E-state index in [-0.39, 0.29) is 30.5 Å². The van der Waals surface area contributed by atoms with Crippen LogP contribution in [0, 0.1) is 5.92 Å². The molecule has 0 bridgehead atoms. The van der Waals surface area contributed by atoms with Crippen LogP contribution >= 0.6 is 11.8 Å². The van der Waals surface area contributed by atoms with Gasteiger partial charge in [-0.05, 0) is 23.8 Å². The summed E-state index contributed by atoms with van der Waals surface area (Å²) in [5.41, 5.74) is 0. The smallest absolute Gasteiger partial charge is 0.317 e. The maximum absolute atomic E-state index is 12.2. The maximum Gasteiger partial charge on any atom is 0.317 e. The van der Waals surface area contributed by atoms with Crippen molar-refractivity contribution in [2.45, 2.75) is 18.9 Å². The molecule has 2 fully saturated rings. The molecule has 2 saturated heterocycles. The average molecular weight is 336 g/mol. The molecule has 0 saturated carbocycles. The van der Waals surface area contributed by atoms with Crippen molar-refractivity contribution in [2.75, 3.05) is 36.1 Å². The number of carbonyl (C=O) groups is 2. The lowest BCUT2D eigenvalue weighted by molar-refractivity contribution is -0.138. The molecule has 2 unspecified atom stereocenters. The molecule has 2 rings (SSSR count). The molecule has 0 aromatic rings. The van der Waals surface area contributed by atoms with Crippen LogP contribution in [0.2, 0.25) is 0 Å². The molecule has 2 aliphatic heterocycles. The van der Waals surface area contributed by atoms with E-state index in [9.17, 15) is 18.0 Å². The van der Waals surface area contributed by atoms with Gasteiger partial charge in [-0.15, -0.1) is 0 Å². The highest BCUT2D eigenvalue weighted by Gasteiger charge is 2.35. The van der Waals surface area contributed by atoms with Crippen molar-refractivity contribution >= 4 is 33.6 Å². The van der Waals surface area contributed by atoms with E-state index in [1.807, 2.05) is 11.8 Å². The van der Waals surface area contributed by atoms with Crippen LogP contribution in [0.1, 0.15) is 12.8 Å². The SMILES string of the molecule is O=C(O)CC1CS(=O)(=O)CCN1C(=O)NCC1CCSC1. The number of urea groups is 1. The van der Waals surface area contributed by atoms with Gasteiger partial charge < -0.3 is 15.3 Å². The molecule has 2 aliphatic rings. The van der Waals surface area contributed by atoms with Crippen LogP contribution in [0.15, 0.2) is 0 Å². The number of sulfone groups is 1. The number of rotatable bonds is 4. The first-order valence-corrected chi connectivity index (χ1v) is 9.89. The van der Waals surface area contributed by atoms with Crippen LogP contribution < -0.4 is 5.32 Å². The molecule has 0 radical (unpaired) electrons. The van der Waals surface area contributed by atoms with Crippen molar-refractivity contribution in [2.24, 2.45) is 5.92 Å².